The Hall–Kier alpha value is -1.40. The number of aromatic nitrogens is 2. The molecule has 6 heteroatoms. The molecule has 0 aliphatic carbocycles. The van der Waals surface area contributed by atoms with Gasteiger partial charge in [0.25, 0.3) is 5.91 Å². The number of hydrogen-bond acceptors (Lipinski definition) is 4. The number of amides is 1. The zero-order chi connectivity index (χ0) is 12.8. The van der Waals surface area contributed by atoms with E-state index in [1.54, 1.807) is 21.0 Å². The minimum atomic E-state index is -0.191. The van der Waals surface area contributed by atoms with Crippen LogP contribution in [-0.2, 0) is 4.74 Å². The Kier molecular flexibility index (Phi) is 5.11. The third-order valence-corrected chi connectivity index (χ3v) is 2.54. The van der Waals surface area contributed by atoms with Crippen molar-refractivity contribution in [3.63, 3.8) is 0 Å². The summed E-state index contributed by atoms with van der Waals surface area (Å²) in [6.07, 6.45) is 0.468. The second-order valence-electron chi connectivity index (χ2n) is 3.95. The Labute approximate surface area is 100 Å². The van der Waals surface area contributed by atoms with E-state index in [9.17, 15) is 4.79 Å². The molecule has 96 valence electrons. The van der Waals surface area contributed by atoms with Gasteiger partial charge in [0.15, 0.2) is 0 Å². The van der Waals surface area contributed by atoms with Crippen molar-refractivity contribution in [3.05, 3.63) is 17.0 Å². The van der Waals surface area contributed by atoms with Crippen molar-refractivity contribution in [1.29, 1.82) is 0 Å². The highest BCUT2D eigenvalue weighted by molar-refractivity contribution is 5.96. The molecule has 0 aliphatic heterocycles. The highest BCUT2D eigenvalue weighted by Crippen LogP contribution is 2.09. The van der Waals surface area contributed by atoms with E-state index >= 15 is 0 Å². The van der Waals surface area contributed by atoms with E-state index in [1.807, 2.05) is 0 Å². The lowest BCUT2D eigenvalue weighted by Gasteiger charge is -2.16. The number of hydrogen-bond donors (Lipinski definition) is 3. The summed E-state index contributed by atoms with van der Waals surface area (Å²) in [5.74, 6) is -0.191. The van der Waals surface area contributed by atoms with E-state index in [1.165, 1.54) is 0 Å². The van der Waals surface area contributed by atoms with Crippen LogP contribution >= 0.6 is 0 Å². The first-order chi connectivity index (χ1) is 8.10. The Bertz CT molecular complexity index is 351. The number of methoxy groups -OCH3 is 1. The third-order valence-electron chi connectivity index (χ3n) is 2.54. The van der Waals surface area contributed by atoms with Crippen LogP contribution in [0.5, 0.6) is 0 Å². The summed E-state index contributed by atoms with van der Waals surface area (Å²) in [5.41, 5.74) is 1.96. The average molecular weight is 241 g/mol. The van der Waals surface area contributed by atoms with E-state index in [0.717, 1.165) is 5.69 Å². The molecule has 1 unspecified atom stereocenters. The minimum absolute atomic E-state index is 0.0116. The van der Waals surface area contributed by atoms with E-state index in [4.69, 9.17) is 9.84 Å². The number of carbonyl (C=O) groups is 1. The monoisotopic (exact) mass is 241 g/mol. The molecule has 1 aromatic rings. The number of ether oxygens (including phenoxy) is 1. The van der Waals surface area contributed by atoms with Gasteiger partial charge in [-0.25, -0.2) is 0 Å². The van der Waals surface area contributed by atoms with Gasteiger partial charge >= 0.3 is 0 Å². The fraction of sp³-hybridized carbons (Fsp3) is 0.636. The van der Waals surface area contributed by atoms with Crippen molar-refractivity contribution < 1.29 is 14.6 Å². The van der Waals surface area contributed by atoms with Crippen LogP contribution in [-0.4, -0.2) is 47.6 Å². The SMILES string of the molecule is COCC(CCO)NC(=O)c1c(C)n[nH]c1C. The van der Waals surface area contributed by atoms with Crippen molar-refractivity contribution in [1.82, 2.24) is 15.5 Å². The molecule has 0 bridgehead atoms. The van der Waals surface area contributed by atoms with Crippen LogP contribution in [0.4, 0.5) is 0 Å². The second-order valence-corrected chi connectivity index (χ2v) is 3.95. The van der Waals surface area contributed by atoms with Crippen LogP contribution in [0.3, 0.4) is 0 Å². The summed E-state index contributed by atoms with van der Waals surface area (Å²) >= 11 is 0. The van der Waals surface area contributed by atoms with Crippen molar-refractivity contribution in [2.24, 2.45) is 0 Å². The van der Waals surface area contributed by atoms with Gasteiger partial charge in [0.2, 0.25) is 0 Å². The standard InChI is InChI=1S/C11H19N3O3/c1-7-10(8(2)14-13-7)11(16)12-9(4-5-15)6-17-3/h9,15H,4-6H2,1-3H3,(H,12,16)(H,13,14). The summed E-state index contributed by atoms with van der Waals surface area (Å²) < 4.78 is 4.99. The molecule has 0 aromatic carbocycles. The maximum absolute atomic E-state index is 12.0. The first kappa shape index (κ1) is 13.7. The molecule has 0 saturated heterocycles. The predicted molar refractivity (Wildman–Crippen MR) is 62.9 cm³/mol. The number of rotatable bonds is 6. The molecule has 3 N–H and O–H groups in total. The van der Waals surface area contributed by atoms with Gasteiger partial charge in [0.1, 0.15) is 0 Å². The molecule has 6 nitrogen and oxygen atoms in total. The van der Waals surface area contributed by atoms with Crippen LogP contribution in [0.25, 0.3) is 0 Å². The number of aromatic amines is 1. The molecule has 0 spiro atoms. The molecule has 0 radical (unpaired) electrons. The number of H-pyrrole nitrogens is 1. The van der Waals surface area contributed by atoms with Crippen LogP contribution in [0.1, 0.15) is 28.2 Å². The summed E-state index contributed by atoms with van der Waals surface area (Å²) in [6, 6.07) is -0.189. The van der Waals surface area contributed by atoms with Crippen molar-refractivity contribution in [2.75, 3.05) is 20.3 Å². The number of nitrogens with one attached hydrogen (secondary N) is 2. The molecule has 0 fully saturated rings. The highest BCUT2D eigenvalue weighted by atomic mass is 16.5. The zero-order valence-corrected chi connectivity index (χ0v) is 10.4. The van der Waals surface area contributed by atoms with E-state index in [2.05, 4.69) is 15.5 Å². The lowest BCUT2D eigenvalue weighted by molar-refractivity contribution is 0.0877. The average Bonchev–Trinajstić information content (AvgIpc) is 2.59. The molecule has 1 rings (SSSR count). The quantitative estimate of drug-likeness (QED) is 0.661. The summed E-state index contributed by atoms with van der Waals surface area (Å²) in [7, 11) is 1.56. The molecule has 1 atom stereocenters. The predicted octanol–water partition coefficient (Wildman–Crippen LogP) is 0.154. The van der Waals surface area contributed by atoms with Gasteiger partial charge in [-0.05, 0) is 20.3 Å². The summed E-state index contributed by atoms with van der Waals surface area (Å²) in [5, 5.41) is 18.4. The van der Waals surface area contributed by atoms with E-state index < -0.39 is 0 Å². The van der Waals surface area contributed by atoms with Gasteiger partial charge in [-0.3, -0.25) is 9.89 Å². The maximum Gasteiger partial charge on any atom is 0.255 e. The van der Waals surface area contributed by atoms with Gasteiger partial charge in [-0.15, -0.1) is 0 Å². The number of aryl methyl sites for hydroxylation is 2. The maximum atomic E-state index is 12.0. The molecule has 0 saturated carbocycles. The van der Waals surface area contributed by atoms with Crippen molar-refractivity contribution in [3.8, 4) is 0 Å². The van der Waals surface area contributed by atoms with Crippen LogP contribution in [0.2, 0.25) is 0 Å². The fourth-order valence-electron chi connectivity index (χ4n) is 1.70. The second kappa shape index (κ2) is 6.36. The minimum Gasteiger partial charge on any atom is -0.396 e. The first-order valence-electron chi connectivity index (χ1n) is 5.52. The summed E-state index contributed by atoms with van der Waals surface area (Å²) in [6.45, 7) is 3.96. The van der Waals surface area contributed by atoms with E-state index in [0.29, 0.717) is 24.3 Å². The van der Waals surface area contributed by atoms with Gasteiger partial charge in [-0.1, -0.05) is 0 Å². The van der Waals surface area contributed by atoms with Gasteiger partial charge in [-0.2, -0.15) is 5.10 Å². The summed E-state index contributed by atoms with van der Waals surface area (Å²) in [4.78, 5) is 12.0. The molecule has 1 amide bonds. The molecular weight excluding hydrogens is 222 g/mol. The first-order valence-corrected chi connectivity index (χ1v) is 5.52. The van der Waals surface area contributed by atoms with E-state index in [-0.39, 0.29) is 18.6 Å². The van der Waals surface area contributed by atoms with Crippen molar-refractivity contribution >= 4 is 5.91 Å². The number of carbonyl (C=O) groups excluding carboxylic acids is 1. The Morgan fingerprint density at radius 3 is 2.76 bits per heavy atom. The highest BCUT2D eigenvalue weighted by Gasteiger charge is 2.18. The molecule has 1 aromatic heterocycles. The number of nitrogens with zero attached hydrogens (tertiary/aromatic N) is 1. The van der Waals surface area contributed by atoms with Gasteiger partial charge < -0.3 is 15.2 Å². The smallest absolute Gasteiger partial charge is 0.255 e. The van der Waals surface area contributed by atoms with Gasteiger partial charge in [0, 0.05) is 19.4 Å². The number of aliphatic hydroxyl groups is 1. The Morgan fingerprint density at radius 2 is 2.29 bits per heavy atom. The third kappa shape index (κ3) is 3.54. The molecule has 0 aliphatic rings. The normalized spacial score (nSPS) is 12.5. The Balaban J connectivity index is 2.70. The molecular formula is C11H19N3O3. The van der Waals surface area contributed by atoms with Crippen LogP contribution in [0.15, 0.2) is 0 Å². The largest absolute Gasteiger partial charge is 0.396 e. The molecule has 1 heterocycles. The van der Waals surface area contributed by atoms with Crippen molar-refractivity contribution in [2.45, 2.75) is 26.3 Å². The zero-order valence-electron chi connectivity index (χ0n) is 10.4. The lowest BCUT2D eigenvalue weighted by Crippen LogP contribution is -2.39. The Morgan fingerprint density at radius 1 is 1.59 bits per heavy atom. The van der Waals surface area contributed by atoms with Gasteiger partial charge in [0.05, 0.1) is 23.9 Å². The van der Waals surface area contributed by atoms with Crippen LogP contribution < -0.4 is 5.32 Å². The fourth-order valence-corrected chi connectivity index (χ4v) is 1.70. The van der Waals surface area contributed by atoms with Crippen LogP contribution in [0, 0.1) is 13.8 Å². The topological polar surface area (TPSA) is 87.2 Å². The number of aliphatic hydroxyl groups excluding tert-OH is 1. The molecule has 17 heavy (non-hydrogen) atoms. The lowest BCUT2D eigenvalue weighted by atomic mass is 10.1.